The van der Waals surface area contributed by atoms with E-state index in [0.29, 0.717) is 19.1 Å². The van der Waals surface area contributed by atoms with Crippen molar-refractivity contribution in [2.24, 2.45) is 0 Å². The second-order valence-corrected chi connectivity index (χ2v) is 6.45. The summed E-state index contributed by atoms with van der Waals surface area (Å²) < 4.78 is 35.7. The zero-order valence-electron chi connectivity index (χ0n) is 11.5. The molecule has 0 atom stereocenters. The molecule has 1 aromatic heterocycles. The minimum atomic E-state index is -3.68. The lowest BCUT2D eigenvalue weighted by Gasteiger charge is -2.30. The Kier molecular flexibility index (Phi) is 4.46. The van der Waals surface area contributed by atoms with E-state index in [1.807, 2.05) is 7.05 Å². The fourth-order valence-electron chi connectivity index (χ4n) is 2.18. The molecule has 0 spiro atoms. The molecule has 1 aromatic rings. The Labute approximate surface area is 117 Å². The number of rotatable bonds is 4. The highest BCUT2D eigenvalue weighted by Crippen LogP contribution is 2.22. The molecular formula is C12H18N2O5S. The third-order valence-corrected chi connectivity index (χ3v) is 5.20. The first-order valence-corrected chi connectivity index (χ1v) is 7.78. The summed E-state index contributed by atoms with van der Waals surface area (Å²) in [5.41, 5.74) is 0. The molecule has 0 unspecified atom stereocenters. The lowest BCUT2D eigenvalue weighted by molar-refractivity contribution is 0.0558. The molecule has 8 heteroatoms. The zero-order valence-corrected chi connectivity index (χ0v) is 12.3. The highest BCUT2D eigenvalue weighted by atomic mass is 32.2. The fourth-order valence-corrected chi connectivity index (χ4v) is 3.56. The van der Waals surface area contributed by atoms with Crippen LogP contribution < -0.4 is 5.32 Å². The molecule has 0 bridgehead atoms. The van der Waals surface area contributed by atoms with Crippen molar-refractivity contribution >= 4 is 16.0 Å². The first-order chi connectivity index (χ1) is 9.48. The van der Waals surface area contributed by atoms with Crippen LogP contribution in [0, 0.1) is 0 Å². The fraction of sp³-hybridized carbons (Fsp3) is 0.583. The average molecular weight is 302 g/mol. The molecule has 112 valence electrons. The number of nitrogens with zero attached hydrogens (tertiary/aromatic N) is 1. The number of furan rings is 1. The van der Waals surface area contributed by atoms with Crippen molar-refractivity contribution in [1.29, 1.82) is 0 Å². The predicted molar refractivity (Wildman–Crippen MR) is 70.9 cm³/mol. The molecule has 1 saturated heterocycles. The van der Waals surface area contributed by atoms with Gasteiger partial charge in [-0.2, -0.15) is 4.31 Å². The Morgan fingerprint density at radius 1 is 1.40 bits per heavy atom. The normalized spacial score (nSPS) is 18.1. The number of esters is 1. The number of piperidine rings is 1. The second kappa shape index (κ2) is 5.94. The van der Waals surface area contributed by atoms with Gasteiger partial charge in [0.2, 0.25) is 10.9 Å². The van der Waals surface area contributed by atoms with Crippen molar-refractivity contribution in [3.63, 3.8) is 0 Å². The number of hydrogen-bond donors (Lipinski definition) is 1. The first-order valence-electron chi connectivity index (χ1n) is 6.34. The SMILES string of the molecule is CNC1CCN(S(=O)(=O)c2ccc(C(=O)OC)o2)CC1. The largest absolute Gasteiger partial charge is 0.463 e. The Morgan fingerprint density at radius 3 is 2.60 bits per heavy atom. The molecule has 0 radical (unpaired) electrons. The van der Waals surface area contributed by atoms with Gasteiger partial charge in [0.1, 0.15) is 0 Å². The van der Waals surface area contributed by atoms with E-state index >= 15 is 0 Å². The molecule has 0 saturated carbocycles. The quantitative estimate of drug-likeness (QED) is 0.812. The summed E-state index contributed by atoms with van der Waals surface area (Å²) in [7, 11) is -0.609. The van der Waals surface area contributed by atoms with Crippen LogP contribution in [-0.4, -0.2) is 52.0 Å². The van der Waals surface area contributed by atoms with Crippen LogP contribution in [0.5, 0.6) is 0 Å². The van der Waals surface area contributed by atoms with E-state index in [-0.39, 0.29) is 10.9 Å². The summed E-state index contributed by atoms with van der Waals surface area (Å²) in [6.45, 7) is 0.865. The van der Waals surface area contributed by atoms with Crippen LogP contribution in [0.1, 0.15) is 23.4 Å². The van der Waals surface area contributed by atoms with Crippen LogP contribution >= 0.6 is 0 Å². The van der Waals surface area contributed by atoms with Crippen LogP contribution in [-0.2, 0) is 14.8 Å². The molecule has 0 aliphatic carbocycles. The van der Waals surface area contributed by atoms with Gasteiger partial charge in [-0.25, -0.2) is 13.2 Å². The van der Waals surface area contributed by atoms with Crippen LogP contribution in [0.2, 0.25) is 0 Å². The molecule has 20 heavy (non-hydrogen) atoms. The number of carbonyl (C=O) groups is 1. The van der Waals surface area contributed by atoms with Crippen LogP contribution in [0.4, 0.5) is 0 Å². The maximum atomic E-state index is 12.4. The lowest BCUT2D eigenvalue weighted by Crippen LogP contribution is -2.43. The van der Waals surface area contributed by atoms with Gasteiger partial charge in [0.15, 0.2) is 0 Å². The van der Waals surface area contributed by atoms with E-state index in [4.69, 9.17) is 4.42 Å². The minimum Gasteiger partial charge on any atom is -0.463 e. The van der Waals surface area contributed by atoms with Crippen molar-refractivity contribution in [3.05, 3.63) is 17.9 Å². The van der Waals surface area contributed by atoms with Crippen molar-refractivity contribution < 1.29 is 22.4 Å². The topological polar surface area (TPSA) is 88.9 Å². The molecule has 1 N–H and O–H groups in total. The number of hydrogen-bond acceptors (Lipinski definition) is 6. The van der Waals surface area contributed by atoms with Gasteiger partial charge in [-0.1, -0.05) is 0 Å². The van der Waals surface area contributed by atoms with Crippen molar-refractivity contribution in [3.8, 4) is 0 Å². The van der Waals surface area contributed by atoms with Gasteiger partial charge in [0.05, 0.1) is 7.11 Å². The van der Waals surface area contributed by atoms with E-state index in [9.17, 15) is 13.2 Å². The van der Waals surface area contributed by atoms with E-state index in [1.165, 1.54) is 23.5 Å². The maximum absolute atomic E-state index is 12.4. The molecule has 0 aromatic carbocycles. The molecule has 0 amide bonds. The van der Waals surface area contributed by atoms with Gasteiger partial charge in [0, 0.05) is 19.1 Å². The number of sulfonamides is 1. The summed E-state index contributed by atoms with van der Waals surface area (Å²) >= 11 is 0. The molecule has 1 fully saturated rings. The van der Waals surface area contributed by atoms with Crippen LogP contribution in [0.25, 0.3) is 0 Å². The Morgan fingerprint density at radius 2 is 2.05 bits per heavy atom. The van der Waals surface area contributed by atoms with Crippen molar-refractivity contribution in [1.82, 2.24) is 9.62 Å². The van der Waals surface area contributed by atoms with E-state index < -0.39 is 16.0 Å². The van der Waals surface area contributed by atoms with Crippen molar-refractivity contribution in [2.75, 3.05) is 27.2 Å². The molecule has 2 heterocycles. The van der Waals surface area contributed by atoms with E-state index in [0.717, 1.165) is 12.8 Å². The third-order valence-electron chi connectivity index (χ3n) is 3.42. The molecule has 1 aliphatic heterocycles. The average Bonchev–Trinajstić information content (AvgIpc) is 2.97. The van der Waals surface area contributed by atoms with Gasteiger partial charge in [-0.15, -0.1) is 0 Å². The highest BCUT2D eigenvalue weighted by molar-refractivity contribution is 7.89. The monoisotopic (exact) mass is 302 g/mol. The van der Waals surface area contributed by atoms with Gasteiger partial charge >= 0.3 is 5.97 Å². The minimum absolute atomic E-state index is 0.115. The summed E-state index contributed by atoms with van der Waals surface area (Å²) in [6.07, 6.45) is 1.50. The summed E-state index contributed by atoms with van der Waals surface area (Å²) in [5.74, 6) is -0.809. The van der Waals surface area contributed by atoms with Crippen LogP contribution in [0.15, 0.2) is 21.6 Å². The summed E-state index contributed by atoms with van der Waals surface area (Å²) in [4.78, 5) is 11.3. The molecule has 1 aliphatic rings. The van der Waals surface area contributed by atoms with Gasteiger partial charge in [-0.05, 0) is 32.0 Å². The van der Waals surface area contributed by atoms with Gasteiger partial charge < -0.3 is 14.5 Å². The first kappa shape index (κ1) is 15.0. The van der Waals surface area contributed by atoms with Gasteiger partial charge in [-0.3, -0.25) is 0 Å². The summed E-state index contributed by atoms with van der Waals surface area (Å²) in [5, 5.41) is 2.91. The smallest absolute Gasteiger partial charge is 0.374 e. The molecule has 2 rings (SSSR count). The highest BCUT2D eigenvalue weighted by Gasteiger charge is 2.31. The number of nitrogens with one attached hydrogen (secondary N) is 1. The van der Waals surface area contributed by atoms with Crippen molar-refractivity contribution in [2.45, 2.75) is 24.0 Å². The second-order valence-electron chi connectivity index (χ2n) is 4.58. The summed E-state index contributed by atoms with van der Waals surface area (Å²) in [6, 6.07) is 2.92. The Hall–Kier alpha value is -1.38. The zero-order chi connectivity index (χ0) is 14.8. The lowest BCUT2D eigenvalue weighted by atomic mass is 10.1. The number of ether oxygens (including phenoxy) is 1. The van der Waals surface area contributed by atoms with Gasteiger partial charge in [0.25, 0.3) is 10.0 Å². The molecular weight excluding hydrogens is 284 g/mol. The number of methoxy groups -OCH3 is 1. The third kappa shape index (κ3) is 2.87. The van der Waals surface area contributed by atoms with E-state index in [2.05, 4.69) is 10.1 Å². The van der Waals surface area contributed by atoms with Crippen LogP contribution in [0.3, 0.4) is 0 Å². The Balaban J connectivity index is 2.14. The molecule has 7 nitrogen and oxygen atoms in total. The predicted octanol–water partition coefficient (Wildman–Crippen LogP) is 0.439. The Bertz CT molecular complexity index is 572. The standard InChI is InChI=1S/C12H18N2O5S/c1-13-9-5-7-14(8-6-9)20(16,17)11-4-3-10(19-11)12(15)18-2/h3-4,9,13H,5-8H2,1-2H3. The number of carbonyl (C=O) groups excluding carboxylic acids is 1. The van der Waals surface area contributed by atoms with E-state index in [1.54, 1.807) is 0 Å². The maximum Gasteiger partial charge on any atom is 0.374 e.